The van der Waals surface area contributed by atoms with Crippen LogP contribution in [0.25, 0.3) is 0 Å². The molecule has 25 heavy (non-hydrogen) atoms. The number of amides is 1. The summed E-state index contributed by atoms with van der Waals surface area (Å²) in [7, 11) is 0. The molecule has 0 radical (unpaired) electrons. The molecule has 1 saturated heterocycles. The molecule has 5 unspecified atom stereocenters. The minimum absolute atomic E-state index is 0.0197. The van der Waals surface area contributed by atoms with Gasteiger partial charge in [0.1, 0.15) is 18.3 Å². The summed E-state index contributed by atoms with van der Waals surface area (Å²) in [5.74, 6) is -0.750. The number of halogens is 1. The van der Waals surface area contributed by atoms with Gasteiger partial charge < -0.3 is 14.9 Å². The van der Waals surface area contributed by atoms with E-state index in [4.69, 9.17) is 4.74 Å². The first kappa shape index (κ1) is 16.2. The van der Waals surface area contributed by atoms with Crippen molar-refractivity contribution in [1.29, 1.82) is 0 Å². The highest BCUT2D eigenvalue weighted by atomic mass is 19.1. The number of carbonyl (C=O) groups excluding carboxylic acids is 1. The van der Waals surface area contributed by atoms with Crippen molar-refractivity contribution in [1.82, 2.24) is 15.5 Å². The first-order valence-corrected chi connectivity index (χ1v) is 7.71. The Kier molecular flexibility index (Phi) is 3.31. The molecule has 0 spiro atoms. The molecule has 0 bridgehead atoms. The standard InChI is InChI=1S/C13H17FN6O5/c1-3(2)9(23)16-12-15-8-4(10(24)17-12)18-19-20(8)11-6(22)13(14)5(21)7(13)25-11/h3,5-7,11,18-19,21-22H,1-2H3,(H2,15,16,17,23,24). The highest BCUT2D eigenvalue weighted by molar-refractivity contribution is 5.90. The third kappa shape index (κ3) is 2.15. The summed E-state index contributed by atoms with van der Waals surface area (Å²) >= 11 is 0. The molecule has 4 rings (SSSR count). The number of aliphatic hydroxyl groups is 2. The van der Waals surface area contributed by atoms with Crippen LogP contribution in [0.15, 0.2) is 4.79 Å². The third-order valence-corrected chi connectivity index (χ3v) is 4.53. The number of aliphatic hydroxyl groups excluding tert-OH is 2. The maximum atomic E-state index is 14.3. The van der Waals surface area contributed by atoms with Crippen molar-refractivity contribution in [2.75, 3.05) is 15.8 Å². The van der Waals surface area contributed by atoms with E-state index in [1.165, 1.54) is 0 Å². The van der Waals surface area contributed by atoms with Gasteiger partial charge in [-0.2, -0.15) is 4.98 Å². The summed E-state index contributed by atoms with van der Waals surface area (Å²) < 4.78 is 19.6. The Morgan fingerprint density at radius 1 is 1.44 bits per heavy atom. The average molecular weight is 356 g/mol. The Balaban J connectivity index is 1.63. The normalized spacial score (nSPS) is 35.4. The van der Waals surface area contributed by atoms with E-state index in [0.29, 0.717) is 0 Å². The minimum Gasteiger partial charge on any atom is -0.387 e. The Morgan fingerprint density at radius 2 is 2.16 bits per heavy atom. The fraction of sp³-hybridized carbons (Fsp3) is 0.615. The number of nitrogens with one attached hydrogen (secondary N) is 4. The van der Waals surface area contributed by atoms with Gasteiger partial charge in [0, 0.05) is 5.92 Å². The zero-order valence-electron chi connectivity index (χ0n) is 13.3. The Morgan fingerprint density at radius 3 is 2.76 bits per heavy atom. The molecule has 2 aliphatic heterocycles. The van der Waals surface area contributed by atoms with Gasteiger partial charge in [-0.25, -0.2) is 9.40 Å². The van der Waals surface area contributed by atoms with Crippen molar-refractivity contribution in [2.24, 2.45) is 5.92 Å². The Hall–Kier alpha value is -2.28. The van der Waals surface area contributed by atoms with E-state index in [0.717, 1.165) is 5.01 Å². The van der Waals surface area contributed by atoms with Gasteiger partial charge in [0.15, 0.2) is 23.4 Å². The number of aromatic nitrogens is 2. The molecule has 1 amide bonds. The number of nitrogens with zero attached hydrogens (tertiary/aromatic N) is 2. The molecular weight excluding hydrogens is 339 g/mol. The van der Waals surface area contributed by atoms with Crippen molar-refractivity contribution in [2.45, 2.75) is 44.1 Å². The van der Waals surface area contributed by atoms with Crippen LogP contribution in [-0.2, 0) is 9.53 Å². The lowest BCUT2D eigenvalue weighted by molar-refractivity contribution is -0.118. The number of alkyl halides is 1. The molecule has 3 heterocycles. The van der Waals surface area contributed by atoms with E-state index in [2.05, 4.69) is 26.2 Å². The lowest BCUT2D eigenvalue weighted by atomic mass is 10.2. The number of fused-ring (bicyclic) bond motifs is 2. The van der Waals surface area contributed by atoms with Gasteiger partial charge in [0.2, 0.25) is 11.9 Å². The first-order chi connectivity index (χ1) is 11.7. The second-order valence-electron chi connectivity index (χ2n) is 6.53. The molecule has 12 heteroatoms. The van der Waals surface area contributed by atoms with Crippen molar-refractivity contribution < 1.29 is 24.1 Å². The van der Waals surface area contributed by atoms with Crippen LogP contribution in [0.4, 0.5) is 21.8 Å². The van der Waals surface area contributed by atoms with E-state index < -0.39 is 35.8 Å². The number of anilines is 3. The molecule has 136 valence electrons. The van der Waals surface area contributed by atoms with Crippen LogP contribution >= 0.6 is 0 Å². The van der Waals surface area contributed by atoms with Crippen LogP contribution in [0, 0.1) is 5.92 Å². The fourth-order valence-corrected chi connectivity index (χ4v) is 2.92. The quantitative estimate of drug-likeness (QED) is 0.368. The van der Waals surface area contributed by atoms with Gasteiger partial charge in [-0.3, -0.25) is 25.3 Å². The Labute approximate surface area is 140 Å². The lowest BCUT2D eigenvalue weighted by Crippen LogP contribution is -2.53. The van der Waals surface area contributed by atoms with Crippen LogP contribution in [0.2, 0.25) is 0 Å². The number of aromatic amines is 1. The molecule has 1 saturated carbocycles. The van der Waals surface area contributed by atoms with Crippen LogP contribution in [0.3, 0.4) is 0 Å². The summed E-state index contributed by atoms with van der Waals surface area (Å²) in [6, 6.07) is 0. The predicted octanol–water partition coefficient (Wildman–Crippen LogP) is -1.82. The summed E-state index contributed by atoms with van der Waals surface area (Å²) in [6.45, 7) is 3.36. The highest BCUT2D eigenvalue weighted by Crippen LogP contribution is 2.54. The zero-order valence-corrected chi connectivity index (χ0v) is 13.3. The maximum Gasteiger partial charge on any atom is 0.279 e. The van der Waals surface area contributed by atoms with E-state index in [9.17, 15) is 24.2 Å². The van der Waals surface area contributed by atoms with Crippen molar-refractivity contribution in [3.05, 3.63) is 10.4 Å². The molecule has 0 aromatic carbocycles. The van der Waals surface area contributed by atoms with Crippen molar-refractivity contribution in [3.63, 3.8) is 0 Å². The van der Waals surface area contributed by atoms with Gasteiger partial charge in [0.05, 0.1) is 0 Å². The molecule has 1 aromatic heterocycles. The number of ether oxygens (including phenoxy) is 1. The van der Waals surface area contributed by atoms with Crippen molar-refractivity contribution in [3.8, 4) is 0 Å². The van der Waals surface area contributed by atoms with Gasteiger partial charge in [-0.15, -0.1) is 5.53 Å². The van der Waals surface area contributed by atoms with Crippen LogP contribution in [-0.4, -0.2) is 56.3 Å². The molecule has 6 N–H and O–H groups in total. The molecule has 11 nitrogen and oxygen atoms in total. The zero-order chi connectivity index (χ0) is 18.1. The molecular formula is C13H17FN6O5. The van der Waals surface area contributed by atoms with Gasteiger partial charge in [-0.05, 0) is 0 Å². The van der Waals surface area contributed by atoms with E-state index >= 15 is 0 Å². The van der Waals surface area contributed by atoms with Gasteiger partial charge >= 0.3 is 0 Å². The van der Waals surface area contributed by atoms with Gasteiger partial charge in [-0.1, -0.05) is 13.8 Å². The number of H-pyrrole nitrogens is 1. The number of hydrogen-bond acceptors (Lipinski definition) is 9. The second kappa shape index (κ2) is 5.11. The van der Waals surface area contributed by atoms with E-state index in [1.54, 1.807) is 13.8 Å². The Bertz CT molecular complexity index is 802. The predicted molar refractivity (Wildman–Crippen MR) is 82.1 cm³/mol. The number of rotatable bonds is 3. The molecule has 1 aromatic rings. The van der Waals surface area contributed by atoms with E-state index in [1.807, 2.05) is 0 Å². The number of hydrazine groups is 2. The summed E-state index contributed by atoms with van der Waals surface area (Å²) in [6.07, 6.45) is -5.39. The second-order valence-corrected chi connectivity index (χ2v) is 6.53. The maximum absolute atomic E-state index is 14.3. The lowest BCUT2D eigenvalue weighted by Gasteiger charge is -2.28. The number of hydrogen-bond donors (Lipinski definition) is 6. The summed E-state index contributed by atoms with van der Waals surface area (Å²) in [5, 5.41) is 23.2. The topological polar surface area (TPSA) is 152 Å². The van der Waals surface area contributed by atoms with Crippen molar-refractivity contribution >= 4 is 23.4 Å². The van der Waals surface area contributed by atoms with Crippen LogP contribution in [0.1, 0.15) is 13.8 Å². The SMILES string of the molecule is CC(C)C(=O)Nc1nc2c(c(=O)[nH]1)NNN2C1OC2C(O)C2(F)C1O. The number of carbonyl (C=O) groups is 1. The summed E-state index contributed by atoms with van der Waals surface area (Å²) in [4.78, 5) is 30.4. The van der Waals surface area contributed by atoms with E-state index in [-0.39, 0.29) is 29.3 Å². The van der Waals surface area contributed by atoms with Crippen LogP contribution in [0.5, 0.6) is 0 Å². The summed E-state index contributed by atoms with van der Waals surface area (Å²) in [5.41, 5.74) is 2.32. The average Bonchev–Trinajstić information content (AvgIpc) is 2.88. The largest absolute Gasteiger partial charge is 0.387 e. The van der Waals surface area contributed by atoms with Crippen LogP contribution < -0.4 is 26.8 Å². The minimum atomic E-state index is -2.25. The fourth-order valence-electron chi connectivity index (χ4n) is 2.92. The highest BCUT2D eigenvalue weighted by Gasteiger charge is 2.79. The molecule has 2 fully saturated rings. The molecule has 1 aliphatic carbocycles. The molecule has 3 aliphatic rings. The third-order valence-electron chi connectivity index (χ3n) is 4.53. The monoisotopic (exact) mass is 356 g/mol. The molecule has 5 atom stereocenters. The van der Waals surface area contributed by atoms with Gasteiger partial charge in [0.25, 0.3) is 5.56 Å². The first-order valence-electron chi connectivity index (χ1n) is 7.71. The smallest absolute Gasteiger partial charge is 0.279 e.